The average Bonchev–Trinajstić information content (AvgIpc) is 2.39. The number of anilines is 1. The molecule has 0 aliphatic carbocycles. The summed E-state index contributed by atoms with van der Waals surface area (Å²) in [6.07, 6.45) is 6.73. The van der Waals surface area contributed by atoms with E-state index in [2.05, 4.69) is 19.6 Å². The second kappa shape index (κ2) is 4.92. The quantitative estimate of drug-likeness (QED) is 0.703. The van der Waals surface area contributed by atoms with Gasteiger partial charge in [0.05, 0.1) is 19.5 Å². The molecular formula is C11H15N3O2. The minimum atomic E-state index is -0.439. The highest BCUT2D eigenvalue weighted by molar-refractivity contribution is 5.87. The molecule has 0 aromatic carbocycles. The normalized spacial score (nSPS) is 15.9. The first-order valence-electron chi connectivity index (χ1n) is 5.46. The first kappa shape index (κ1) is 10.9. The predicted molar refractivity (Wildman–Crippen MR) is 59.4 cm³/mol. The van der Waals surface area contributed by atoms with Crippen molar-refractivity contribution in [2.24, 2.45) is 0 Å². The zero-order valence-electron chi connectivity index (χ0n) is 9.35. The average molecular weight is 221 g/mol. The number of carbonyl (C=O) groups excluding carboxylic acids is 1. The molecule has 0 unspecified atom stereocenters. The van der Waals surface area contributed by atoms with E-state index >= 15 is 0 Å². The summed E-state index contributed by atoms with van der Waals surface area (Å²) in [6, 6.07) is 0. The first-order chi connectivity index (χ1) is 7.81. The van der Waals surface area contributed by atoms with Crippen molar-refractivity contribution < 1.29 is 9.53 Å². The van der Waals surface area contributed by atoms with E-state index < -0.39 is 5.97 Å². The molecule has 0 bridgehead atoms. The third kappa shape index (κ3) is 2.29. The lowest BCUT2D eigenvalue weighted by atomic mass is 10.1. The maximum absolute atomic E-state index is 11.3. The molecule has 2 rings (SSSR count). The van der Waals surface area contributed by atoms with Gasteiger partial charge in [0.15, 0.2) is 5.69 Å². The number of rotatable bonds is 2. The van der Waals surface area contributed by atoms with Gasteiger partial charge in [0.2, 0.25) is 0 Å². The largest absolute Gasteiger partial charge is 0.464 e. The Kier molecular flexibility index (Phi) is 3.34. The van der Waals surface area contributed by atoms with Crippen molar-refractivity contribution in [1.29, 1.82) is 0 Å². The van der Waals surface area contributed by atoms with E-state index in [9.17, 15) is 4.79 Å². The van der Waals surface area contributed by atoms with Crippen molar-refractivity contribution >= 4 is 11.8 Å². The Morgan fingerprint density at radius 3 is 2.75 bits per heavy atom. The van der Waals surface area contributed by atoms with E-state index in [0.717, 1.165) is 18.9 Å². The molecule has 0 saturated carbocycles. The third-order valence-electron chi connectivity index (χ3n) is 2.70. The van der Waals surface area contributed by atoms with Gasteiger partial charge in [0.25, 0.3) is 0 Å². The topological polar surface area (TPSA) is 55.3 Å². The molecule has 0 spiro atoms. The van der Waals surface area contributed by atoms with E-state index in [1.807, 2.05) is 0 Å². The highest BCUT2D eigenvalue weighted by Gasteiger charge is 2.15. The van der Waals surface area contributed by atoms with Crippen LogP contribution in [0.1, 0.15) is 29.8 Å². The second-order valence-corrected chi connectivity index (χ2v) is 3.80. The van der Waals surface area contributed by atoms with Gasteiger partial charge in [0.1, 0.15) is 5.82 Å². The molecular weight excluding hydrogens is 206 g/mol. The Bertz CT molecular complexity index is 375. The van der Waals surface area contributed by atoms with Crippen LogP contribution in [0.3, 0.4) is 0 Å². The van der Waals surface area contributed by atoms with Crippen LogP contribution < -0.4 is 4.90 Å². The van der Waals surface area contributed by atoms with Crippen LogP contribution in [0.15, 0.2) is 12.4 Å². The number of aromatic nitrogens is 2. The van der Waals surface area contributed by atoms with Crippen molar-refractivity contribution in [3.05, 3.63) is 18.1 Å². The Hall–Kier alpha value is -1.65. The van der Waals surface area contributed by atoms with E-state index in [0.29, 0.717) is 0 Å². The van der Waals surface area contributed by atoms with E-state index in [1.165, 1.54) is 32.6 Å². The second-order valence-electron chi connectivity index (χ2n) is 3.80. The van der Waals surface area contributed by atoms with E-state index in [4.69, 9.17) is 0 Å². The molecule has 1 aliphatic rings. The summed E-state index contributed by atoms with van der Waals surface area (Å²) in [7, 11) is 1.34. The molecule has 1 saturated heterocycles. The fourth-order valence-electron chi connectivity index (χ4n) is 1.83. The van der Waals surface area contributed by atoms with E-state index in [-0.39, 0.29) is 5.69 Å². The standard InChI is InChI=1S/C11H15N3O2/c1-16-11(15)9-7-12-8-10(13-9)14-5-3-2-4-6-14/h7-8H,2-6H2,1H3. The van der Waals surface area contributed by atoms with Crippen LogP contribution in [0.4, 0.5) is 5.82 Å². The number of hydrogen-bond donors (Lipinski definition) is 0. The molecule has 1 aromatic rings. The van der Waals surface area contributed by atoms with Crippen molar-refractivity contribution in [1.82, 2.24) is 9.97 Å². The van der Waals surface area contributed by atoms with Crippen molar-refractivity contribution in [3.8, 4) is 0 Å². The lowest BCUT2D eigenvalue weighted by Gasteiger charge is -2.27. The molecule has 0 amide bonds. The number of nitrogens with zero attached hydrogens (tertiary/aromatic N) is 3. The van der Waals surface area contributed by atoms with Gasteiger partial charge in [-0.3, -0.25) is 4.98 Å². The van der Waals surface area contributed by atoms with Crippen molar-refractivity contribution in [3.63, 3.8) is 0 Å². The minimum absolute atomic E-state index is 0.269. The highest BCUT2D eigenvalue weighted by atomic mass is 16.5. The van der Waals surface area contributed by atoms with Gasteiger partial charge in [0, 0.05) is 13.1 Å². The van der Waals surface area contributed by atoms with Crippen LogP contribution in [-0.4, -0.2) is 36.1 Å². The Labute approximate surface area is 94.5 Å². The summed E-state index contributed by atoms with van der Waals surface area (Å²) in [5, 5.41) is 0. The molecule has 1 aromatic heterocycles. The molecule has 0 N–H and O–H groups in total. The number of ether oxygens (including phenoxy) is 1. The molecule has 0 atom stereocenters. The van der Waals surface area contributed by atoms with Crippen molar-refractivity contribution in [2.75, 3.05) is 25.1 Å². The van der Waals surface area contributed by atoms with Crippen LogP contribution in [0.25, 0.3) is 0 Å². The molecule has 5 heteroatoms. The number of esters is 1. The maximum atomic E-state index is 11.3. The number of hydrogen-bond acceptors (Lipinski definition) is 5. The van der Waals surface area contributed by atoms with Gasteiger partial charge in [-0.25, -0.2) is 9.78 Å². The van der Waals surface area contributed by atoms with Crippen LogP contribution in [0.2, 0.25) is 0 Å². The monoisotopic (exact) mass is 221 g/mol. The first-order valence-corrected chi connectivity index (χ1v) is 5.46. The summed E-state index contributed by atoms with van der Waals surface area (Å²) in [5.74, 6) is 0.328. The van der Waals surface area contributed by atoms with Crippen LogP contribution >= 0.6 is 0 Å². The third-order valence-corrected chi connectivity index (χ3v) is 2.70. The van der Waals surface area contributed by atoms with Crippen molar-refractivity contribution in [2.45, 2.75) is 19.3 Å². The SMILES string of the molecule is COC(=O)c1cncc(N2CCCCC2)n1. The fourth-order valence-corrected chi connectivity index (χ4v) is 1.83. The lowest BCUT2D eigenvalue weighted by molar-refractivity contribution is 0.0593. The summed E-state index contributed by atoms with van der Waals surface area (Å²) in [6.45, 7) is 1.97. The van der Waals surface area contributed by atoms with Crippen LogP contribution in [0, 0.1) is 0 Å². The predicted octanol–water partition coefficient (Wildman–Crippen LogP) is 1.25. The number of piperidine rings is 1. The maximum Gasteiger partial charge on any atom is 0.358 e. The van der Waals surface area contributed by atoms with Gasteiger partial charge in [-0.05, 0) is 19.3 Å². The molecule has 86 valence electrons. The molecule has 1 fully saturated rings. The summed E-state index contributed by atoms with van der Waals surface area (Å²) >= 11 is 0. The summed E-state index contributed by atoms with van der Waals surface area (Å²) in [4.78, 5) is 21.7. The van der Waals surface area contributed by atoms with Crippen LogP contribution in [0.5, 0.6) is 0 Å². The zero-order valence-corrected chi connectivity index (χ0v) is 9.35. The lowest BCUT2D eigenvalue weighted by Crippen LogP contribution is -2.30. The molecule has 2 heterocycles. The van der Waals surface area contributed by atoms with Gasteiger partial charge in [-0.1, -0.05) is 0 Å². The van der Waals surface area contributed by atoms with Gasteiger partial charge in [-0.15, -0.1) is 0 Å². The Morgan fingerprint density at radius 1 is 1.31 bits per heavy atom. The van der Waals surface area contributed by atoms with Crippen LogP contribution in [-0.2, 0) is 4.74 Å². The molecule has 16 heavy (non-hydrogen) atoms. The van der Waals surface area contributed by atoms with Gasteiger partial charge >= 0.3 is 5.97 Å². The van der Waals surface area contributed by atoms with E-state index in [1.54, 1.807) is 6.20 Å². The Morgan fingerprint density at radius 2 is 2.06 bits per heavy atom. The minimum Gasteiger partial charge on any atom is -0.464 e. The molecule has 0 radical (unpaired) electrons. The summed E-state index contributed by atoms with van der Waals surface area (Å²) < 4.78 is 4.62. The summed E-state index contributed by atoms with van der Waals surface area (Å²) in [5.41, 5.74) is 0.269. The molecule has 1 aliphatic heterocycles. The number of methoxy groups -OCH3 is 1. The fraction of sp³-hybridized carbons (Fsp3) is 0.545. The Balaban J connectivity index is 2.17. The number of carbonyl (C=O) groups is 1. The van der Waals surface area contributed by atoms with Gasteiger partial charge in [-0.2, -0.15) is 0 Å². The zero-order chi connectivity index (χ0) is 11.4. The smallest absolute Gasteiger partial charge is 0.358 e. The molecule has 5 nitrogen and oxygen atoms in total. The highest BCUT2D eigenvalue weighted by Crippen LogP contribution is 2.16. The van der Waals surface area contributed by atoms with Gasteiger partial charge < -0.3 is 9.64 Å².